The molecule has 8 heteroatoms. The fraction of sp³-hybridized carbons (Fsp3) is 0.868. The monoisotopic (exact) mass is 655 g/mol. The quantitative estimate of drug-likeness (QED) is 0.0326. The van der Waals surface area contributed by atoms with E-state index in [2.05, 4.69) is 26.0 Å². The Balaban J connectivity index is 4.42. The molecule has 0 aromatic heterocycles. The Labute approximate surface area is 282 Å². The van der Waals surface area contributed by atoms with Gasteiger partial charge in [0.05, 0.1) is 34.4 Å². The van der Waals surface area contributed by atoms with Crippen LogP contribution in [0.4, 0.5) is 0 Å². The second kappa shape index (κ2) is 30.4. The lowest BCUT2D eigenvalue weighted by Gasteiger charge is -2.31. The van der Waals surface area contributed by atoms with E-state index in [-0.39, 0.29) is 42.7 Å². The molecule has 0 saturated carbocycles. The molecule has 0 aromatic rings. The van der Waals surface area contributed by atoms with E-state index in [1.54, 1.807) is 0 Å². The molecular weight excluding hydrogens is 582 g/mol. The predicted octanol–water partition coefficient (Wildman–Crippen LogP) is 9.19. The number of hydrogen-bond acceptors (Lipinski definition) is 6. The number of carboxylic acid groups (broad SMARTS) is 1. The lowest BCUT2D eigenvalue weighted by Crippen LogP contribution is -2.50. The van der Waals surface area contributed by atoms with E-state index in [0.717, 1.165) is 32.1 Å². The molecule has 8 nitrogen and oxygen atoms in total. The maximum absolute atomic E-state index is 12.6. The van der Waals surface area contributed by atoms with Gasteiger partial charge >= 0.3 is 17.9 Å². The van der Waals surface area contributed by atoms with Crippen molar-refractivity contribution in [3.63, 3.8) is 0 Å². The summed E-state index contributed by atoms with van der Waals surface area (Å²) in [4.78, 5) is 36.6. The number of esters is 2. The number of rotatable bonds is 33. The first-order chi connectivity index (χ1) is 22.1. The molecule has 0 aromatic carbocycles. The topological polar surface area (TPSA) is 99.1 Å². The molecule has 0 aliphatic heterocycles. The van der Waals surface area contributed by atoms with E-state index >= 15 is 0 Å². The third-order valence-corrected chi connectivity index (χ3v) is 8.41. The highest BCUT2D eigenvalue weighted by atomic mass is 16.6. The Morgan fingerprint density at radius 1 is 0.630 bits per heavy atom. The van der Waals surface area contributed by atoms with Gasteiger partial charge < -0.3 is 23.8 Å². The van der Waals surface area contributed by atoms with Gasteiger partial charge in [-0.1, -0.05) is 122 Å². The second-order valence-corrected chi connectivity index (χ2v) is 13.8. The summed E-state index contributed by atoms with van der Waals surface area (Å²) in [7, 11) is 5.51. The number of carbonyl (C=O) groups is 3. The zero-order valence-electron chi connectivity index (χ0n) is 30.5. The standard InChI is InChI=1S/C38H71NO7/c1-6-8-10-12-14-16-17-18-19-21-22-24-26-28-36(40)45-33-34(32-44-31-30-35(38(42)43)39(3,4)5)46-37(41)29-27-25-23-20-15-13-11-9-7-2/h20,23,34-35H,6-19,21-22,24-33H2,1-5H3/p+1/b23-20+. The summed E-state index contributed by atoms with van der Waals surface area (Å²) in [5.74, 6) is -1.51. The summed E-state index contributed by atoms with van der Waals surface area (Å²) in [5.41, 5.74) is 0. The Bertz CT molecular complexity index is 778. The van der Waals surface area contributed by atoms with Gasteiger partial charge in [-0.05, 0) is 32.1 Å². The summed E-state index contributed by atoms with van der Waals surface area (Å²) >= 11 is 0. The Morgan fingerprint density at radius 2 is 1.11 bits per heavy atom. The SMILES string of the molecule is CCCCCC/C=C/CCCC(=O)OC(COCCC(C(=O)O)[N+](C)(C)C)COC(=O)CCCCCCCCCCCCCCC. The van der Waals surface area contributed by atoms with Gasteiger partial charge in [-0.2, -0.15) is 0 Å². The van der Waals surface area contributed by atoms with Crippen molar-refractivity contribution >= 4 is 17.9 Å². The van der Waals surface area contributed by atoms with Crippen LogP contribution >= 0.6 is 0 Å². The molecule has 46 heavy (non-hydrogen) atoms. The normalized spacial score (nSPS) is 13.2. The van der Waals surface area contributed by atoms with Crippen LogP contribution in [-0.4, -0.2) is 80.6 Å². The van der Waals surface area contributed by atoms with Crippen molar-refractivity contribution in [2.24, 2.45) is 0 Å². The number of likely N-dealkylation sites (N-methyl/N-ethyl adjacent to an activating group) is 1. The summed E-state index contributed by atoms with van der Waals surface area (Å²) in [6.45, 7) is 4.66. The molecule has 0 saturated heterocycles. The van der Waals surface area contributed by atoms with E-state index < -0.39 is 18.1 Å². The van der Waals surface area contributed by atoms with Crippen molar-refractivity contribution in [3.05, 3.63) is 12.2 Å². The van der Waals surface area contributed by atoms with Gasteiger partial charge in [0.15, 0.2) is 12.1 Å². The van der Waals surface area contributed by atoms with Gasteiger partial charge in [0.1, 0.15) is 6.61 Å². The van der Waals surface area contributed by atoms with Gasteiger partial charge in [0.25, 0.3) is 0 Å². The second-order valence-electron chi connectivity index (χ2n) is 13.8. The number of ether oxygens (including phenoxy) is 3. The number of unbranched alkanes of at least 4 members (excludes halogenated alkanes) is 17. The minimum absolute atomic E-state index is 0.0545. The summed E-state index contributed by atoms with van der Waals surface area (Å²) in [6, 6.07) is -0.612. The zero-order valence-corrected chi connectivity index (χ0v) is 30.5. The molecule has 0 fully saturated rings. The van der Waals surface area contributed by atoms with Crippen LogP contribution in [0.1, 0.15) is 162 Å². The van der Waals surface area contributed by atoms with Crippen LogP contribution in [-0.2, 0) is 28.6 Å². The van der Waals surface area contributed by atoms with Crippen LogP contribution < -0.4 is 0 Å². The molecule has 0 aliphatic carbocycles. The van der Waals surface area contributed by atoms with Crippen molar-refractivity contribution in [1.29, 1.82) is 0 Å². The Morgan fingerprint density at radius 3 is 1.63 bits per heavy atom. The first-order valence-electron chi connectivity index (χ1n) is 18.7. The van der Waals surface area contributed by atoms with Crippen molar-refractivity contribution < 1.29 is 38.2 Å². The smallest absolute Gasteiger partial charge is 0.362 e. The van der Waals surface area contributed by atoms with Crippen molar-refractivity contribution in [2.75, 3.05) is 41.0 Å². The fourth-order valence-corrected chi connectivity index (χ4v) is 5.45. The van der Waals surface area contributed by atoms with Crippen molar-refractivity contribution in [3.8, 4) is 0 Å². The lowest BCUT2D eigenvalue weighted by molar-refractivity contribution is -0.887. The van der Waals surface area contributed by atoms with E-state index in [9.17, 15) is 19.5 Å². The third kappa shape index (κ3) is 28.3. The van der Waals surface area contributed by atoms with Gasteiger partial charge in [-0.25, -0.2) is 4.79 Å². The first-order valence-corrected chi connectivity index (χ1v) is 18.7. The summed E-state index contributed by atoms with van der Waals surface area (Å²) in [6.07, 6.45) is 28.3. The van der Waals surface area contributed by atoms with Crippen LogP contribution in [0.15, 0.2) is 12.2 Å². The highest BCUT2D eigenvalue weighted by Crippen LogP contribution is 2.14. The van der Waals surface area contributed by atoms with Gasteiger partial charge in [-0.3, -0.25) is 9.59 Å². The predicted molar refractivity (Wildman–Crippen MR) is 188 cm³/mol. The minimum Gasteiger partial charge on any atom is -0.477 e. The van der Waals surface area contributed by atoms with Crippen LogP contribution in [0.3, 0.4) is 0 Å². The molecule has 2 unspecified atom stereocenters. The average Bonchev–Trinajstić information content (AvgIpc) is 3.00. The molecule has 0 radical (unpaired) electrons. The van der Waals surface area contributed by atoms with E-state index in [0.29, 0.717) is 19.3 Å². The van der Waals surface area contributed by atoms with Crippen molar-refractivity contribution in [2.45, 2.75) is 174 Å². The van der Waals surface area contributed by atoms with Gasteiger partial charge in [0.2, 0.25) is 0 Å². The molecule has 1 N–H and O–H groups in total. The van der Waals surface area contributed by atoms with Crippen LogP contribution in [0.25, 0.3) is 0 Å². The fourth-order valence-electron chi connectivity index (χ4n) is 5.45. The molecule has 0 heterocycles. The number of quaternary nitrogens is 1. The molecule has 0 spiro atoms. The number of carbonyl (C=O) groups excluding carboxylic acids is 2. The van der Waals surface area contributed by atoms with Gasteiger partial charge in [-0.15, -0.1) is 0 Å². The lowest BCUT2D eigenvalue weighted by atomic mass is 10.0. The molecule has 0 rings (SSSR count). The Kier molecular flexibility index (Phi) is 29.1. The maximum atomic E-state index is 12.6. The molecular formula is C38H72NO7+. The average molecular weight is 655 g/mol. The number of aliphatic carboxylic acids is 1. The minimum atomic E-state index is -0.879. The number of allylic oxidation sites excluding steroid dienone is 2. The van der Waals surface area contributed by atoms with E-state index in [4.69, 9.17) is 14.2 Å². The number of carboxylic acids is 1. The molecule has 0 bridgehead atoms. The highest BCUT2D eigenvalue weighted by Gasteiger charge is 2.31. The third-order valence-electron chi connectivity index (χ3n) is 8.41. The van der Waals surface area contributed by atoms with Crippen LogP contribution in [0.2, 0.25) is 0 Å². The van der Waals surface area contributed by atoms with Crippen LogP contribution in [0.5, 0.6) is 0 Å². The molecule has 0 aliphatic rings. The molecule has 2 atom stereocenters. The zero-order chi connectivity index (χ0) is 34.3. The van der Waals surface area contributed by atoms with Gasteiger partial charge in [0, 0.05) is 19.3 Å². The summed E-state index contributed by atoms with van der Waals surface area (Å²) in [5, 5.41) is 9.56. The largest absolute Gasteiger partial charge is 0.477 e. The molecule has 0 amide bonds. The highest BCUT2D eigenvalue weighted by molar-refractivity contribution is 5.72. The Hall–Kier alpha value is -1.93. The number of nitrogens with zero attached hydrogens (tertiary/aromatic N) is 1. The first kappa shape index (κ1) is 44.1. The molecule has 270 valence electrons. The van der Waals surface area contributed by atoms with E-state index in [1.807, 2.05) is 21.1 Å². The number of hydrogen-bond donors (Lipinski definition) is 1. The maximum Gasteiger partial charge on any atom is 0.362 e. The summed E-state index contributed by atoms with van der Waals surface area (Å²) < 4.78 is 17.1. The van der Waals surface area contributed by atoms with Crippen LogP contribution in [0, 0.1) is 0 Å². The van der Waals surface area contributed by atoms with E-state index in [1.165, 1.54) is 89.9 Å². The van der Waals surface area contributed by atoms with Crippen molar-refractivity contribution in [1.82, 2.24) is 0 Å².